The third-order valence-corrected chi connectivity index (χ3v) is 2.05. The molecular weight excluding hydrogens is 200 g/mol. The number of carbonyl (C=O) groups excluding carboxylic acids is 1. The minimum absolute atomic E-state index is 0.0219. The van der Waals surface area contributed by atoms with Crippen LogP contribution in [-0.2, 0) is 9.59 Å². The second kappa shape index (κ2) is 6.36. The maximum Gasteiger partial charge on any atom is 0.326 e. The Bertz CT molecular complexity index is 230. The van der Waals surface area contributed by atoms with E-state index in [0.29, 0.717) is 0 Å². The number of hydrogen-bond acceptors (Lipinski definition) is 4. The number of carbonyl (C=O) groups is 2. The number of rotatable bonds is 6. The molecule has 0 bridgehead atoms. The molecule has 1 unspecified atom stereocenters. The first-order valence-corrected chi connectivity index (χ1v) is 4.79. The van der Waals surface area contributed by atoms with Crippen molar-refractivity contribution in [2.24, 2.45) is 11.7 Å². The van der Waals surface area contributed by atoms with Crippen molar-refractivity contribution in [3.63, 3.8) is 0 Å². The van der Waals surface area contributed by atoms with Crippen LogP contribution in [0.2, 0.25) is 0 Å². The second-order valence-electron chi connectivity index (χ2n) is 3.68. The smallest absolute Gasteiger partial charge is 0.326 e. The average molecular weight is 218 g/mol. The molecule has 5 N–H and O–H groups in total. The summed E-state index contributed by atoms with van der Waals surface area (Å²) in [5.41, 5.74) is 5.54. The molecule has 6 nitrogen and oxygen atoms in total. The van der Waals surface area contributed by atoms with Crippen LogP contribution in [-0.4, -0.2) is 40.8 Å². The number of carboxylic acid groups (broad SMARTS) is 1. The normalized spacial score (nSPS) is 14.7. The van der Waals surface area contributed by atoms with Crippen LogP contribution in [0.1, 0.15) is 20.3 Å². The lowest BCUT2D eigenvalue weighted by Crippen LogP contribution is -2.50. The van der Waals surface area contributed by atoms with Crippen LogP contribution < -0.4 is 11.1 Å². The number of carboxylic acids is 1. The molecule has 0 radical (unpaired) electrons. The summed E-state index contributed by atoms with van der Waals surface area (Å²) < 4.78 is 0. The third kappa shape index (κ3) is 4.75. The van der Waals surface area contributed by atoms with E-state index in [-0.39, 0.29) is 18.9 Å². The summed E-state index contributed by atoms with van der Waals surface area (Å²) in [6.07, 6.45) is -0.0219. The first-order chi connectivity index (χ1) is 6.90. The van der Waals surface area contributed by atoms with E-state index in [1.165, 1.54) is 0 Å². The van der Waals surface area contributed by atoms with Gasteiger partial charge in [-0.05, 0) is 5.92 Å². The van der Waals surface area contributed by atoms with E-state index in [2.05, 4.69) is 5.32 Å². The minimum atomic E-state index is -1.17. The molecule has 0 aliphatic carbocycles. The zero-order chi connectivity index (χ0) is 12.0. The first-order valence-electron chi connectivity index (χ1n) is 4.79. The highest BCUT2D eigenvalue weighted by Crippen LogP contribution is 2.00. The molecule has 6 heteroatoms. The summed E-state index contributed by atoms with van der Waals surface area (Å²) in [4.78, 5) is 22.0. The van der Waals surface area contributed by atoms with Crippen molar-refractivity contribution in [3.8, 4) is 0 Å². The van der Waals surface area contributed by atoms with E-state index in [0.717, 1.165) is 0 Å². The van der Waals surface area contributed by atoms with Crippen molar-refractivity contribution in [2.75, 3.05) is 6.61 Å². The lowest BCUT2D eigenvalue weighted by atomic mass is 10.0. The van der Waals surface area contributed by atoms with E-state index in [4.69, 9.17) is 15.9 Å². The van der Waals surface area contributed by atoms with Crippen LogP contribution in [0.3, 0.4) is 0 Å². The Morgan fingerprint density at radius 3 is 2.27 bits per heavy atom. The summed E-state index contributed by atoms with van der Waals surface area (Å²) in [5.74, 6) is -1.74. The van der Waals surface area contributed by atoms with Crippen LogP contribution in [0.4, 0.5) is 0 Å². The van der Waals surface area contributed by atoms with Gasteiger partial charge in [0, 0.05) is 13.0 Å². The molecule has 0 aromatic rings. The van der Waals surface area contributed by atoms with Gasteiger partial charge in [0.05, 0.1) is 6.04 Å². The number of nitrogens with one attached hydrogen (secondary N) is 1. The summed E-state index contributed by atoms with van der Waals surface area (Å²) in [6, 6.07) is -1.81. The van der Waals surface area contributed by atoms with E-state index in [1.807, 2.05) is 0 Å². The number of aliphatic carboxylic acids is 1. The fraction of sp³-hybridized carbons (Fsp3) is 0.778. The highest BCUT2D eigenvalue weighted by Gasteiger charge is 2.24. The molecule has 0 spiro atoms. The van der Waals surface area contributed by atoms with Gasteiger partial charge in [0.25, 0.3) is 0 Å². The number of aliphatic hydroxyl groups excluding tert-OH is 1. The van der Waals surface area contributed by atoms with E-state index >= 15 is 0 Å². The monoisotopic (exact) mass is 218 g/mol. The molecule has 0 fully saturated rings. The first kappa shape index (κ1) is 13.9. The third-order valence-electron chi connectivity index (χ3n) is 2.05. The molecule has 1 amide bonds. The predicted molar refractivity (Wildman–Crippen MR) is 54.1 cm³/mol. The van der Waals surface area contributed by atoms with Crippen molar-refractivity contribution >= 4 is 11.9 Å². The predicted octanol–water partition coefficient (Wildman–Crippen LogP) is -1.08. The van der Waals surface area contributed by atoms with Crippen molar-refractivity contribution in [3.05, 3.63) is 0 Å². The molecule has 15 heavy (non-hydrogen) atoms. The Balaban J connectivity index is 4.28. The van der Waals surface area contributed by atoms with Crippen LogP contribution in [0.5, 0.6) is 0 Å². The molecule has 0 aliphatic rings. The number of amides is 1. The zero-order valence-corrected chi connectivity index (χ0v) is 8.93. The molecule has 0 heterocycles. The molecule has 0 aliphatic heterocycles. The van der Waals surface area contributed by atoms with E-state index in [1.54, 1.807) is 13.8 Å². The van der Waals surface area contributed by atoms with Gasteiger partial charge in [-0.2, -0.15) is 0 Å². The van der Waals surface area contributed by atoms with Gasteiger partial charge in [-0.1, -0.05) is 13.8 Å². The van der Waals surface area contributed by atoms with Gasteiger partial charge >= 0.3 is 5.97 Å². The molecule has 0 aromatic heterocycles. The molecule has 0 rings (SSSR count). The lowest BCUT2D eigenvalue weighted by Gasteiger charge is -2.19. The van der Waals surface area contributed by atoms with Crippen LogP contribution in [0.25, 0.3) is 0 Å². The van der Waals surface area contributed by atoms with Crippen molar-refractivity contribution in [2.45, 2.75) is 32.4 Å². The molecule has 88 valence electrons. The lowest BCUT2D eigenvalue weighted by molar-refractivity contribution is -0.142. The Hall–Kier alpha value is -1.14. The Kier molecular flexibility index (Phi) is 5.88. The topological polar surface area (TPSA) is 113 Å². The highest BCUT2D eigenvalue weighted by molar-refractivity contribution is 5.86. The van der Waals surface area contributed by atoms with Crippen LogP contribution >= 0.6 is 0 Å². The summed E-state index contributed by atoms with van der Waals surface area (Å²) in [6.45, 7) is 3.24. The number of hydrogen-bond donors (Lipinski definition) is 4. The minimum Gasteiger partial charge on any atom is -0.480 e. The van der Waals surface area contributed by atoms with Gasteiger partial charge in [0.1, 0.15) is 6.04 Å². The Morgan fingerprint density at radius 1 is 1.40 bits per heavy atom. The van der Waals surface area contributed by atoms with Gasteiger partial charge < -0.3 is 21.3 Å². The van der Waals surface area contributed by atoms with Crippen molar-refractivity contribution in [1.82, 2.24) is 5.32 Å². The Morgan fingerprint density at radius 2 is 1.93 bits per heavy atom. The number of nitrogens with two attached hydrogens (primary N) is 1. The molecule has 0 saturated heterocycles. The second-order valence-corrected chi connectivity index (χ2v) is 3.68. The molecule has 0 aromatic carbocycles. The fourth-order valence-electron chi connectivity index (χ4n) is 0.957. The summed E-state index contributed by atoms with van der Waals surface area (Å²) in [5, 5.41) is 19.6. The Labute approximate surface area is 88.5 Å². The van der Waals surface area contributed by atoms with Crippen molar-refractivity contribution < 1.29 is 19.8 Å². The average Bonchev–Trinajstić information content (AvgIpc) is 2.15. The highest BCUT2D eigenvalue weighted by atomic mass is 16.4. The van der Waals surface area contributed by atoms with Gasteiger partial charge in [-0.25, -0.2) is 4.79 Å². The quantitative estimate of drug-likeness (QED) is 0.453. The van der Waals surface area contributed by atoms with Gasteiger partial charge in [0.2, 0.25) is 5.91 Å². The maximum absolute atomic E-state index is 11.4. The van der Waals surface area contributed by atoms with Crippen molar-refractivity contribution in [1.29, 1.82) is 0 Å². The summed E-state index contributed by atoms with van der Waals surface area (Å²) >= 11 is 0. The zero-order valence-electron chi connectivity index (χ0n) is 8.93. The van der Waals surface area contributed by atoms with Gasteiger partial charge in [0.15, 0.2) is 0 Å². The summed E-state index contributed by atoms with van der Waals surface area (Å²) in [7, 11) is 0. The van der Waals surface area contributed by atoms with Crippen LogP contribution in [0, 0.1) is 5.92 Å². The maximum atomic E-state index is 11.4. The van der Waals surface area contributed by atoms with Gasteiger partial charge in [-0.3, -0.25) is 4.79 Å². The molecule has 2 atom stereocenters. The largest absolute Gasteiger partial charge is 0.480 e. The standard InChI is InChI=1S/C9H18N2O4/c1-5(2)7(10)8(13)11-6(3-4-12)9(14)15/h5-7,12H,3-4,10H2,1-2H3,(H,11,13)(H,14,15)/t6?,7-/m0/s1. The fourth-order valence-corrected chi connectivity index (χ4v) is 0.957. The van der Waals surface area contributed by atoms with E-state index < -0.39 is 24.0 Å². The van der Waals surface area contributed by atoms with Crippen LogP contribution in [0.15, 0.2) is 0 Å². The molecule has 0 saturated carbocycles. The SMILES string of the molecule is CC(C)[C@H](N)C(=O)NC(CCO)C(=O)O. The number of aliphatic hydroxyl groups is 1. The van der Waals surface area contributed by atoms with Gasteiger partial charge in [-0.15, -0.1) is 0 Å². The van der Waals surface area contributed by atoms with E-state index in [9.17, 15) is 9.59 Å². The molecular formula is C9H18N2O4.